The second kappa shape index (κ2) is 6.95. The van der Waals surface area contributed by atoms with Gasteiger partial charge >= 0.3 is 5.97 Å². The summed E-state index contributed by atoms with van der Waals surface area (Å²) in [6, 6.07) is 0. The molecule has 0 aromatic heterocycles. The van der Waals surface area contributed by atoms with Crippen LogP contribution in [0.4, 0.5) is 0 Å². The van der Waals surface area contributed by atoms with E-state index < -0.39 is 5.97 Å². The Morgan fingerprint density at radius 3 is 2.50 bits per heavy atom. The Bertz CT molecular complexity index is 684. The molecule has 156 valence electrons. The van der Waals surface area contributed by atoms with Crippen molar-refractivity contribution in [3.05, 3.63) is 0 Å². The number of hydrogen-bond acceptors (Lipinski definition) is 3. The molecule has 1 unspecified atom stereocenters. The second-order valence-corrected chi connectivity index (χ2v) is 11.0. The van der Waals surface area contributed by atoms with Crippen LogP contribution in [0.15, 0.2) is 0 Å². The number of Topliss-reactive ketones (excluding diaryl/α,β-unsaturated/α-hetero) is 2. The van der Waals surface area contributed by atoms with Crippen molar-refractivity contribution in [1.29, 1.82) is 0 Å². The molecule has 1 N–H and O–H groups in total. The zero-order valence-electron chi connectivity index (χ0n) is 17.7. The van der Waals surface area contributed by atoms with Crippen LogP contribution < -0.4 is 0 Å². The molecule has 0 amide bonds. The quantitative estimate of drug-likeness (QED) is 0.744. The third-order valence-corrected chi connectivity index (χ3v) is 9.86. The van der Waals surface area contributed by atoms with Crippen LogP contribution in [-0.2, 0) is 14.4 Å². The van der Waals surface area contributed by atoms with E-state index in [1.807, 2.05) is 0 Å². The minimum Gasteiger partial charge on any atom is -0.481 e. The standard InChI is InChI=1S/C24H36O4/c1-14(4-7-21(27)28)17-5-6-18-22-19(9-11-24(17,18)3)23(2)10-8-16(25)12-15(23)13-20(22)26/h14-15,17-19,22H,4-13H2,1-3H3,(H,27,28)/t14?,15-,17+,18-,19-,22-,23-,24+/m0/s1. The van der Waals surface area contributed by atoms with Crippen molar-refractivity contribution < 1.29 is 19.5 Å². The first-order valence-corrected chi connectivity index (χ1v) is 11.4. The molecule has 0 saturated heterocycles. The zero-order valence-corrected chi connectivity index (χ0v) is 17.7. The van der Waals surface area contributed by atoms with Crippen molar-refractivity contribution in [2.45, 2.75) is 85.0 Å². The second-order valence-electron chi connectivity index (χ2n) is 11.0. The molecule has 0 aromatic rings. The van der Waals surface area contributed by atoms with Crippen molar-refractivity contribution in [3.63, 3.8) is 0 Å². The minimum atomic E-state index is -0.705. The molecule has 8 atom stereocenters. The van der Waals surface area contributed by atoms with Gasteiger partial charge in [0.25, 0.3) is 0 Å². The van der Waals surface area contributed by atoms with Crippen LogP contribution in [-0.4, -0.2) is 22.6 Å². The van der Waals surface area contributed by atoms with E-state index in [-0.39, 0.29) is 29.1 Å². The molecule has 0 aliphatic heterocycles. The fourth-order valence-electron chi connectivity index (χ4n) is 8.25. The van der Waals surface area contributed by atoms with Crippen molar-refractivity contribution in [1.82, 2.24) is 0 Å². The fraction of sp³-hybridized carbons (Fsp3) is 0.875. The van der Waals surface area contributed by atoms with Gasteiger partial charge in [0.1, 0.15) is 11.6 Å². The predicted molar refractivity (Wildman–Crippen MR) is 107 cm³/mol. The SMILES string of the molecule is CC(CCC(=O)O)[C@H]1CC[C@H]2[C@@H]3C(=O)C[C@@H]4CC(=O)CC[C@]4(C)[C@H]3CC[C@]12C. The van der Waals surface area contributed by atoms with Gasteiger partial charge < -0.3 is 5.11 Å². The highest BCUT2D eigenvalue weighted by atomic mass is 16.4. The van der Waals surface area contributed by atoms with Gasteiger partial charge in [-0.1, -0.05) is 20.8 Å². The topological polar surface area (TPSA) is 71.4 Å². The number of carboxylic acids is 1. The van der Waals surface area contributed by atoms with E-state index in [9.17, 15) is 14.4 Å². The first kappa shape index (κ1) is 20.1. The van der Waals surface area contributed by atoms with Crippen LogP contribution in [0.2, 0.25) is 0 Å². The van der Waals surface area contributed by atoms with Gasteiger partial charge in [0.2, 0.25) is 0 Å². The van der Waals surface area contributed by atoms with E-state index in [4.69, 9.17) is 5.11 Å². The van der Waals surface area contributed by atoms with Crippen LogP contribution in [0.5, 0.6) is 0 Å². The number of ketones is 2. The predicted octanol–water partition coefficient (Wildman–Crippen LogP) is 4.89. The van der Waals surface area contributed by atoms with Crippen molar-refractivity contribution in [3.8, 4) is 0 Å². The van der Waals surface area contributed by atoms with Gasteiger partial charge in [0, 0.05) is 31.6 Å². The molecular weight excluding hydrogens is 352 g/mol. The first-order valence-electron chi connectivity index (χ1n) is 11.4. The number of aliphatic carboxylic acids is 1. The molecule has 0 radical (unpaired) electrons. The number of carbonyl (C=O) groups excluding carboxylic acids is 2. The summed E-state index contributed by atoms with van der Waals surface area (Å²) in [6.07, 6.45) is 8.38. The molecule has 4 nitrogen and oxygen atoms in total. The molecular formula is C24H36O4. The van der Waals surface area contributed by atoms with Crippen molar-refractivity contribution in [2.75, 3.05) is 0 Å². The molecule has 0 aromatic carbocycles. The summed E-state index contributed by atoms with van der Waals surface area (Å²) in [4.78, 5) is 36.4. The molecule has 4 aliphatic carbocycles. The number of fused-ring (bicyclic) bond motifs is 5. The van der Waals surface area contributed by atoms with E-state index in [1.165, 1.54) is 0 Å². The highest BCUT2D eigenvalue weighted by molar-refractivity contribution is 5.86. The van der Waals surface area contributed by atoms with Crippen LogP contribution in [0.25, 0.3) is 0 Å². The third-order valence-electron chi connectivity index (χ3n) is 9.86. The fourth-order valence-corrected chi connectivity index (χ4v) is 8.25. The van der Waals surface area contributed by atoms with E-state index in [0.717, 1.165) is 38.5 Å². The Hall–Kier alpha value is -1.19. The maximum Gasteiger partial charge on any atom is 0.303 e. The lowest BCUT2D eigenvalue weighted by Crippen LogP contribution is -2.57. The lowest BCUT2D eigenvalue weighted by Gasteiger charge is -2.59. The van der Waals surface area contributed by atoms with Crippen LogP contribution in [0.1, 0.15) is 85.0 Å². The number of carbonyl (C=O) groups is 3. The molecule has 4 saturated carbocycles. The first-order chi connectivity index (χ1) is 13.2. The minimum absolute atomic E-state index is 0.154. The van der Waals surface area contributed by atoms with Crippen LogP contribution >= 0.6 is 0 Å². The van der Waals surface area contributed by atoms with E-state index >= 15 is 0 Å². The summed E-state index contributed by atoms with van der Waals surface area (Å²) in [7, 11) is 0. The third kappa shape index (κ3) is 2.97. The number of carboxylic acid groups (broad SMARTS) is 1. The molecule has 4 aliphatic rings. The average molecular weight is 389 g/mol. The van der Waals surface area contributed by atoms with Gasteiger partial charge in [-0.15, -0.1) is 0 Å². The maximum absolute atomic E-state index is 13.3. The Morgan fingerprint density at radius 1 is 1.07 bits per heavy atom. The lowest BCUT2D eigenvalue weighted by atomic mass is 9.44. The van der Waals surface area contributed by atoms with Gasteiger partial charge in [0.05, 0.1) is 0 Å². The molecule has 4 fully saturated rings. The molecule has 0 bridgehead atoms. The highest BCUT2D eigenvalue weighted by Gasteiger charge is 2.63. The number of hydrogen-bond donors (Lipinski definition) is 1. The van der Waals surface area contributed by atoms with E-state index in [2.05, 4.69) is 20.8 Å². The highest BCUT2D eigenvalue weighted by Crippen LogP contribution is 2.67. The molecule has 0 heterocycles. The summed E-state index contributed by atoms with van der Waals surface area (Å²) >= 11 is 0. The van der Waals surface area contributed by atoms with Gasteiger partial charge in [0.15, 0.2) is 0 Å². The van der Waals surface area contributed by atoms with Crippen molar-refractivity contribution in [2.24, 2.45) is 46.3 Å². The summed E-state index contributed by atoms with van der Waals surface area (Å²) in [5.74, 6) is 2.33. The van der Waals surface area contributed by atoms with Crippen molar-refractivity contribution >= 4 is 17.5 Å². The summed E-state index contributed by atoms with van der Waals surface area (Å²) in [5, 5.41) is 9.08. The lowest BCUT2D eigenvalue weighted by molar-refractivity contribution is -0.159. The van der Waals surface area contributed by atoms with E-state index in [1.54, 1.807) is 0 Å². The Kier molecular flexibility index (Phi) is 4.99. The number of rotatable bonds is 4. The largest absolute Gasteiger partial charge is 0.481 e. The summed E-state index contributed by atoms with van der Waals surface area (Å²) in [6.45, 7) is 6.99. The zero-order chi connectivity index (χ0) is 20.3. The molecule has 0 spiro atoms. The Morgan fingerprint density at radius 2 is 1.79 bits per heavy atom. The Balaban J connectivity index is 1.57. The Labute approximate surface area is 168 Å². The van der Waals surface area contributed by atoms with Gasteiger partial charge in [-0.25, -0.2) is 0 Å². The molecule has 4 heteroatoms. The van der Waals surface area contributed by atoms with Crippen LogP contribution in [0.3, 0.4) is 0 Å². The summed E-state index contributed by atoms with van der Waals surface area (Å²) in [5.41, 5.74) is 0.323. The normalized spacial score (nSPS) is 46.5. The van der Waals surface area contributed by atoms with Gasteiger partial charge in [-0.05, 0) is 78.9 Å². The molecule has 4 rings (SSSR count). The maximum atomic E-state index is 13.3. The smallest absolute Gasteiger partial charge is 0.303 e. The van der Waals surface area contributed by atoms with Gasteiger partial charge in [-0.3, -0.25) is 14.4 Å². The molecule has 28 heavy (non-hydrogen) atoms. The average Bonchev–Trinajstić information content (AvgIpc) is 2.98. The van der Waals surface area contributed by atoms with E-state index in [0.29, 0.717) is 54.5 Å². The monoisotopic (exact) mass is 388 g/mol. The van der Waals surface area contributed by atoms with Crippen LogP contribution in [0, 0.1) is 46.3 Å². The van der Waals surface area contributed by atoms with Gasteiger partial charge in [-0.2, -0.15) is 0 Å². The summed E-state index contributed by atoms with van der Waals surface area (Å²) < 4.78 is 0.